The fourth-order valence-electron chi connectivity index (χ4n) is 1.70. The van der Waals surface area contributed by atoms with Crippen molar-refractivity contribution in [2.24, 2.45) is 16.3 Å². The first-order valence-corrected chi connectivity index (χ1v) is 5.35. The van der Waals surface area contributed by atoms with Gasteiger partial charge in [0.05, 0.1) is 6.10 Å². The maximum Gasteiger partial charge on any atom is 0.235 e. The molecule has 1 rings (SSSR count). The van der Waals surface area contributed by atoms with E-state index in [1.165, 1.54) is 0 Å². The van der Waals surface area contributed by atoms with Gasteiger partial charge in [0.2, 0.25) is 5.91 Å². The number of amidine groups is 1. The molecule has 92 valence electrons. The summed E-state index contributed by atoms with van der Waals surface area (Å²) in [4.78, 5) is 13.7. The van der Waals surface area contributed by atoms with Crippen molar-refractivity contribution >= 4 is 11.7 Å². The molecule has 1 aliphatic heterocycles. The Hall–Kier alpha value is -1.30. The lowest BCUT2D eigenvalue weighted by Gasteiger charge is -2.35. The molecule has 0 aromatic rings. The van der Waals surface area contributed by atoms with Crippen LogP contribution in [0.4, 0.5) is 0 Å². The van der Waals surface area contributed by atoms with Crippen LogP contribution >= 0.6 is 0 Å². The van der Waals surface area contributed by atoms with Gasteiger partial charge in [-0.3, -0.25) is 4.79 Å². The predicted octanol–water partition coefficient (Wildman–Crippen LogP) is -0.258. The molecule has 1 amide bonds. The normalized spacial score (nSPS) is 19.9. The first-order chi connectivity index (χ1) is 7.39. The highest BCUT2D eigenvalue weighted by molar-refractivity contribution is 6.05. The van der Waals surface area contributed by atoms with Gasteiger partial charge in [0.1, 0.15) is 5.41 Å². The van der Waals surface area contributed by atoms with E-state index in [1.807, 2.05) is 0 Å². The predicted molar refractivity (Wildman–Crippen MR) is 59.0 cm³/mol. The third kappa shape index (κ3) is 2.44. The van der Waals surface area contributed by atoms with Crippen molar-refractivity contribution in [2.45, 2.75) is 32.8 Å². The Balaban J connectivity index is 2.71. The van der Waals surface area contributed by atoms with E-state index in [0.717, 1.165) is 0 Å². The number of carbonyl (C=O) groups is 1. The molecule has 0 atom stereocenters. The monoisotopic (exact) mass is 229 g/mol. The van der Waals surface area contributed by atoms with Crippen LogP contribution in [0.25, 0.3) is 0 Å². The second-order valence-corrected chi connectivity index (χ2v) is 4.63. The quantitative estimate of drug-likeness (QED) is 0.263. The number of likely N-dealkylation sites (tertiary alicyclic amines) is 1. The molecule has 0 bridgehead atoms. The summed E-state index contributed by atoms with van der Waals surface area (Å²) in [7, 11) is 0. The molecule has 0 aliphatic carbocycles. The summed E-state index contributed by atoms with van der Waals surface area (Å²) in [6.45, 7) is 4.27. The highest BCUT2D eigenvalue weighted by atomic mass is 16.4. The van der Waals surface area contributed by atoms with Crippen LogP contribution < -0.4 is 5.73 Å². The molecular weight excluding hydrogens is 210 g/mol. The van der Waals surface area contributed by atoms with Crippen molar-refractivity contribution in [3.05, 3.63) is 0 Å². The molecule has 1 heterocycles. The fraction of sp³-hybridized carbons (Fsp3) is 0.800. The van der Waals surface area contributed by atoms with Crippen LogP contribution in [0.2, 0.25) is 0 Å². The van der Waals surface area contributed by atoms with Gasteiger partial charge in [0.25, 0.3) is 0 Å². The van der Waals surface area contributed by atoms with Crippen molar-refractivity contribution in [1.29, 1.82) is 0 Å². The number of oxime groups is 1. The lowest BCUT2D eigenvalue weighted by Crippen LogP contribution is -2.50. The lowest BCUT2D eigenvalue weighted by molar-refractivity contribution is -0.139. The van der Waals surface area contributed by atoms with Crippen molar-refractivity contribution in [3.8, 4) is 0 Å². The Morgan fingerprint density at radius 3 is 2.38 bits per heavy atom. The number of rotatable bonds is 2. The summed E-state index contributed by atoms with van der Waals surface area (Å²) in [6.07, 6.45) is 0.840. The van der Waals surface area contributed by atoms with E-state index in [9.17, 15) is 9.90 Å². The van der Waals surface area contributed by atoms with Gasteiger partial charge in [-0.1, -0.05) is 5.16 Å². The van der Waals surface area contributed by atoms with Crippen LogP contribution in [0.3, 0.4) is 0 Å². The number of aliphatic hydroxyl groups is 1. The number of aliphatic hydroxyl groups excluding tert-OH is 1. The summed E-state index contributed by atoms with van der Waals surface area (Å²) < 4.78 is 0. The number of amides is 1. The van der Waals surface area contributed by atoms with Crippen molar-refractivity contribution in [1.82, 2.24) is 4.90 Å². The minimum absolute atomic E-state index is 0.0939. The number of piperidine rings is 1. The molecule has 1 aliphatic rings. The topological polar surface area (TPSA) is 99.2 Å². The Kier molecular flexibility index (Phi) is 3.74. The van der Waals surface area contributed by atoms with E-state index in [1.54, 1.807) is 18.7 Å². The largest absolute Gasteiger partial charge is 0.409 e. The average molecular weight is 229 g/mol. The van der Waals surface area contributed by atoms with Crippen molar-refractivity contribution in [2.75, 3.05) is 13.1 Å². The maximum absolute atomic E-state index is 12.1. The molecule has 1 saturated heterocycles. The highest BCUT2D eigenvalue weighted by Crippen LogP contribution is 2.22. The van der Waals surface area contributed by atoms with Crippen LogP contribution in [0.1, 0.15) is 26.7 Å². The van der Waals surface area contributed by atoms with E-state index in [2.05, 4.69) is 5.16 Å². The summed E-state index contributed by atoms with van der Waals surface area (Å²) in [5, 5.41) is 20.8. The SMILES string of the molecule is CC(C)(C(=O)N1CCC(O)CC1)C(N)=NO. The third-order valence-corrected chi connectivity index (χ3v) is 3.03. The van der Waals surface area contributed by atoms with Gasteiger partial charge in [-0.2, -0.15) is 0 Å². The summed E-state index contributed by atoms with van der Waals surface area (Å²) in [5.74, 6) is -0.265. The fourth-order valence-corrected chi connectivity index (χ4v) is 1.70. The molecular formula is C10H19N3O3. The second kappa shape index (κ2) is 4.69. The minimum Gasteiger partial charge on any atom is -0.409 e. The number of hydrogen-bond acceptors (Lipinski definition) is 4. The zero-order valence-corrected chi connectivity index (χ0v) is 9.68. The van der Waals surface area contributed by atoms with E-state index in [0.29, 0.717) is 25.9 Å². The average Bonchev–Trinajstić information content (AvgIpc) is 2.28. The van der Waals surface area contributed by atoms with E-state index < -0.39 is 5.41 Å². The van der Waals surface area contributed by atoms with E-state index in [4.69, 9.17) is 10.9 Å². The molecule has 0 aromatic heterocycles. The van der Waals surface area contributed by atoms with Crippen molar-refractivity contribution < 1.29 is 15.1 Å². The van der Waals surface area contributed by atoms with Gasteiger partial charge in [-0.25, -0.2) is 0 Å². The van der Waals surface area contributed by atoms with Crippen LogP contribution in [0, 0.1) is 5.41 Å². The second-order valence-electron chi connectivity index (χ2n) is 4.63. The van der Waals surface area contributed by atoms with E-state index in [-0.39, 0.29) is 17.8 Å². The Morgan fingerprint density at radius 2 is 1.94 bits per heavy atom. The van der Waals surface area contributed by atoms with Gasteiger partial charge in [-0.15, -0.1) is 0 Å². The molecule has 0 saturated carbocycles. The van der Waals surface area contributed by atoms with Crippen LogP contribution in [-0.4, -0.2) is 46.1 Å². The molecule has 0 radical (unpaired) electrons. The third-order valence-electron chi connectivity index (χ3n) is 3.03. The standard InChI is InChI=1S/C10H19N3O3/c1-10(2,8(11)12-16)9(15)13-5-3-7(14)4-6-13/h7,14,16H,3-6H2,1-2H3,(H2,11,12). The molecule has 4 N–H and O–H groups in total. The summed E-state index contributed by atoms with van der Waals surface area (Å²) in [5.41, 5.74) is 4.49. The minimum atomic E-state index is -1.00. The molecule has 0 aromatic carbocycles. The Morgan fingerprint density at radius 1 is 1.44 bits per heavy atom. The van der Waals surface area contributed by atoms with Crippen LogP contribution in [-0.2, 0) is 4.79 Å². The number of carbonyl (C=O) groups excluding carboxylic acids is 1. The van der Waals surface area contributed by atoms with E-state index >= 15 is 0 Å². The van der Waals surface area contributed by atoms with Gasteiger partial charge >= 0.3 is 0 Å². The molecule has 6 nitrogen and oxygen atoms in total. The van der Waals surface area contributed by atoms with Crippen LogP contribution in [0.15, 0.2) is 5.16 Å². The van der Waals surface area contributed by atoms with Gasteiger partial charge in [-0.05, 0) is 26.7 Å². The zero-order chi connectivity index (χ0) is 12.3. The highest BCUT2D eigenvalue weighted by Gasteiger charge is 2.37. The van der Waals surface area contributed by atoms with Gasteiger partial charge in [0.15, 0.2) is 5.84 Å². The van der Waals surface area contributed by atoms with Crippen molar-refractivity contribution in [3.63, 3.8) is 0 Å². The number of nitrogens with zero attached hydrogens (tertiary/aromatic N) is 2. The molecule has 0 unspecified atom stereocenters. The Labute approximate surface area is 94.7 Å². The number of hydrogen-bond donors (Lipinski definition) is 3. The molecule has 1 fully saturated rings. The maximum atomic E-state index is 12.1. The summed E-state index contributed by atoms with van der Waals surface area (Å²) in [6, 6.07) is 0. The van der Waals surface area contributed by atoms with Crippen LogP contribution in [0.5, 0.6) is 0 Å². The molecule has 16 heavy (non-hydrogen) atoms. The van der Waals surface area contributed by atoms with Gasteiger partial charge < -0.3 is 20.9 Å². The zero-order valence-electron chi connectivity index (χ0n) is 9.68. The summed E-state index contributed by atoms with van der Waals surface area (Å²) >= 11 is 0. The lowest BCUT2D eigenvalue weighted by atomic mass is 9.89. The molecule has 6 heteroatoms. The van der Waals surface area contributed by atoms with Gasteiger partial charge in [0, 0.05) is 13.1 Å². The molecule has 0 spiro atoms. The smallest absolute Gasteiger partial charge is 0.235 e. The first kappa shape index (κ1) is 12.8. The Bertz CT molecular complexity index is 294. The number of nitrogens with two attached hydrogens (primary N) is 1. The first-order valence-electron chi connectivity index (χ1n) is 5.35.